The predicted molar refractivity (Wildman–Crippen MR) is 102 cm³/mol. The first-order valence-corrected chi connectivity index (χ1v) is 9.38. The van der Waals surface area contributed by atoms with Crippen molar-refractivity contribution in [3.8, 4) is 0 Å². The molecule has 0 bridgehead atoms. The number of carbonyl (C=O) groups excluding carboxylic acids is 1. The minimum absolute atomic E-state index is 0.0551. The van der Waals surface area contributed by atoms with Gasteiger partial charge in [-0.05, 0) is 41.8 Å². The number of halogens is 3. The highest BCUT2D eigenvalue weighted by atomic mass is 35.5. The van der Waals surface area contributed by atoms with E-state index in [4.69, 9.17) is 34.8 Å². The predicted octanol–water partition coefficient (Wildman–Crippen LogP) is 6.08. The van der Waals surface area contributed by atoms with Crippen LogP contribution >= 0.6 is 46.6 Å². The molecule has 0 saturated carbocycles. The van der Waals surface area contributed by atoms with Gasteiger partial charge in [0, 0.05) is 26.5 Å². The quantitative estimate of drug-likeness (QED) is 0.649. The lowest BCUT2D eigenvalue weighted by Crippen LogP contribution is -2.14. The summed E-state index contributed by atoms with van der Waals surface area (Å²) < 4.78 is 0. The summed E-state index contributed by atoms with van der Waals surface area (Å²) in [6.45, 7) is 2.09. The Kier molecular flexibility index (Phi) is 7.09. The fourth-order valence-electron chi connectivity index (χ4n) is 1.98. The number of thioether (sulfide) groups is 1. The second kappa shape index (κ2) is 8.84. The van der Waals surface area contributed by atoms with Crippen molar-refractivity contribution in [1.29, 1.82) is 0 Å². The second-order valence-corrected chi connectivity index (χ2v) is 7.18. The molecule has 6 heteroatoms. The maximum atomic E-state index is 12.0. The Labute approximate surface area is 155 Å². The molecule has 1 amide bonds. The standard InChI is InChI=1S/C17H16Cl3NOS/c1-2-11-3-5-13(6-4-11)21-17(22)10-23-9-14-15(19)7-12(18)8-16(14)20/h3-8H,2,9-10H2,1H3,(H,21,22). The van der Waals surface area contributed by atoms with Crippen LogP contribution in [0, 0.1) is 0 Å². The van der Waals surface area contributed by atoms with E-state index in [2.05, 4.69) is 12.2 Å². The van der Waals surface area contributed by atoms with Crippen LogP contribution in [0.5, 0.6) is 0 Å². The van der Waals surface area contributed by atoms with Gasteiger partial charge < -0.3 is 5.32 Å². The van der Waals surface area contributed by atoms with Crippen LogP contribution in [0.15, 0.2) is 36.4 Å². The third kappa shape index (κ3) is 5.61. The maximum absolute atomic E-state index is 12.0. The first kappa shape index (κ1) is 18.5. The molecule has 0 radical (unpaired) electrons. The normalized spacial score (nSPS) is 10.6. The van der Waals surface area contributed by atoms with Crippen molar-refractivity contribution in [3.05, 3.63) is 62.6 Å². The molecule has 0 aliphatic heterocycles. The van der Waals surface area contributed by atoms with Crippen LogP contribution < -0.4 is 5.32 Å². The smallest absolute Gasteiger partial charge is 0.234 e. The van der Waals surface area contributed by atoms with E-state index in [9.17, 15) is 4.79 Å². The van der Waals surface area contributed by atoms with Crippen molar-refractivity contribution in [1.82, 2.24) is 0 Å². The molecule has 0 aliphatic carbocycles. The summed E-state index contributed by atoms with van der Waals surface area (Å²) in [6, 6.07) is 11.1. The SMILES string of the molecule is CCc1ccc(NC(=O)CSCc2c(Cl)cc(Cl)cc2Cl)cc1. The van der Waals surface area contributed by atoms with E-state index in [0.717, 1.165) is 17.7 Å². The molecule has 2 nitrogen and oxygen atoms in total. The van der Waals surface area contributed by atoms with E-state index in [1.807, 2.05) is 24.3 Å². The molecular formula is C17H16Cl3NOS. The first-order chi connectivity index (χ1) is 11.0. The minimum atomic E-state index is -0.0551. The van der Waals surface area contributed by atoms with Crippen LogP contribution in [0.4, 0.5) is 5.69 Å². The lowest BCUT2D eigenvalue weighted by molar-refractivity contribution is -0.113. The molecule has 0 spiro atoms. The first-order valence-electron chi connectivity index (χ1n) is 7.09. The number of nitrogens with one attached hydrogen (secondary N) is 1. The zero-order valence-electron chi connectivity index (χ0n) is 12.5. The number of anilines is 1. The van der Waals surface area contributed by atoms with Crippen LogP contribution in [-0.2, 0) is 17.0 Å². The third-order valence-electron chi connectivity index (χ3n) is 3.23. The van der Waals surface area contributed by atoms with Crippen LogP contribution in [0.3, 0.4) is 0 Å². The number of hydrogen-bond donors (Lipinski definition) is 1. The number of benzene rings is 2. The molecular weight excluding hydrogens is 373 g/mol. The number of carbonyl (C=O) groups is 1. The average Bonchev–Trinajstić information content (AvgIpc) is 2.50. The van der Waals surface area contributed by atoms with Crippen molar-refractivity contribution >= 4 is 58.2 Å². The Morgan fingerprint density at radius 3 is 2.26 bits per heavy atom. The van der Waals surface area contributed by atoms with Crippen molar-refractivity contribution < 1.29 is 4.79 Å². The lowest BCUT2D eigenvalue weighted by Gasteiger charge is -2.08. The average molecular weight is 389 g/mol. The molecule has 0 heterocycles. The molecule has 122 valence electrons. The Morgan fingerprint density at radius 2 is 1.70 bits per heavy atom. The summed E-state index contributed by atoms with van der Waals surface area (Å²) in [5.74, 6) is 0.822. The zero-order chi connectivity index (χ0) is 16.8. The van der Waals surface area contributed by atoms with Crippen LogP contribution in [0.25, 0.3) is 0 Å². The van der Waals surface area contributed by atoms with E-state index >= 15 is 0 Å². The molecule has 0 atom stereocenters. The van der Waals surface area contributed by atoms with Gasteiger partial charge in [-0.1, -0.05) is 53.9 Å². The lowest BCUT2D eigenvalue weighted by atomic mass is 10.1. The summed E-state index contributed by atoms with van der Waals surface area (Å²) in [6.07, 6.45) is 0.979. The molecule has 0 aliphatic rings. The summed E-state index contributed by atoms with van der Waals surface area (Å²) >= 11 is 19.6. The summed E-state index contributed by atoms with van der Waals surface area (Å²) in [7, 11) is 0. The molecule has 2 aromatic rings. The minimum Gasteiger partial charge on any atom is -0.325 e. The van der Waals surface area contributed by atoms with E-state index in [0.29, 0.717) is 26.6 Å². The van der Waals surface area contributed by atoms with Gasteiger partial charge in [-0.3, -0.25) is 4.79 Å². The highest BCUT2D eigenvalue weighted by Gasteiger charge is 2.09. The molecule has 2 rings (SSSR count). The van der Waals surface area contributed by atoms with E-state index in [1.54, 1.807) is 12.1 Å². The van der Waals surface area contributed by atoms with Gasteiger partial charge in [0.2, 0.25) is 5.91 Å². The fourth-order valence-corrected chi connectivity index (χ4v) is 3.96. The van der Waals surface area contributed by atoms with Crippen molar-refractivity contribution in [2.45, 2.75) is 19.1 Å². The molecule has 0 saturated heterocycles. The number of amides is 1. The van der Waals surface area contributed by atoms with Gasteiger partial charge in [0.15, 0.2) is 0 Å². The zero-order valence-corrected chi connectivity index (χ0v) is 15.6. The summed E-state index contributed by atoms with van der Waals surface area (Å²) in [5.41, 5.74) is 2.84. The van der Waals surface area contributed by atoms with E-state index < -0.39 is 0 Å². The molecule has 0 aromatic heterocycles. The molecule has 0 unspecified atom stereocenters. The van der Waals surface area contributed by atoms with Crippen molar-refractivity contribution in [2.75, 3.05) is 11.1 Å². The molecule has 23 heavy (non-hydrogen) atoms. The topological polar surface area (TPSA) is 29.1 Å². The molecule has 1 N–H and O–H groups in total. The Morgan fingerprint density at radius 1 is 1.09 bits per heavy atom. The Bertz CT molecular complexity index is 666. The monoisotopic (exact) mass is 387 g/mol. The van der Waals surface area contributed by atoms with Gasteiger partial charge in [-0.15, -0.1) is 11.8 Å². The third-order valence-corrected chi connectivity index (χ3v) is 5.08. The van der Waals surface area contributed by atoms with Crippen molar-refractivity contribution in [3.63, 3.8) is 0 Å². The van der Waals surface area contributed by atoms with Gasteiger partial charge >= 0.3 is 0 Å². The number of aryl methyl sites for hydroxylation is 1. The second-order valence-electron chi connectivity index (χ2n) is 4.94. The Balaban J connectivity index is 1.85. The summed E-state index contributed by atoms with van der Waals surface area (Å²) in [5, 5.41) is 4.41. The van der Waals surface area contributed by atoms with Gasteiger partial charge in [-0.2, -0.15) is 0 Å². The van der Waals surface area contributed by atoms with Gasteiger partial charge in [0.05, 0.1) is 5.75 Å². The Hall–Kier alpha value is -0.870. The molecule has 0 fully saturated rings. The van der Waals surface area contributed by atoms with Crippen LogP contribution in [-0.4, -0.2) is 11.7 Å². The highest BCUT2D eigenvalue weighted by molar-refractivity contribution is 7.99. The van der Waals surface area contributed by atoms with Crippen LogP contribution in [0.1, 0.15) is 18.1 Å². The summed E-state index contributed by atoms with van der Waals surface area (Å²) in [4.78, 5) is 12.0. The van der Waals surface area contributed by atoms with Gasteiger partial charge in [-0.25, -0.2) is 0 Å². The number of rotatable bonds is 6. The van der Waals surface area contributed by atoms with Crippen LogP contribution in [0.2, 0.25) is 15.1 Å². The highest BCUT2D eigenvalue weighted by Crippen LogP contribution is 2.31. The molecule has 2 aromatic carbocycles. The van der Waals surface area contributed by atoms with E-state index in [-0.39, 0.29) is 5.91 Å². The van der Waals surface area contributed by atoms with Crippen molar-refractivity contribution in [2.24, 2.45) is 0 Å². The van der Waals surface area contributed by atoms with Gasteiger partial charge in [0.25, 0.3) is 0 Å². The van der Waals surface area contributed by atoms with Gasteiger partial charge in [0.1, 0.15) is 0 Å². The fraction of sp³-hybridized carbons (Fsp3) is 0.235. The maximum Gasteiger partial charge on any atom is 0.234 e. The van der Waals surface area contributed by atoms with E-state index in [1.165, 1.54) is 17.3 Å². The number of hydrogen-bond acceptors (Lipinski definition) is 2. The largest absolute Gasteiger partial charge is 0.325 e.